The summed E-state index contributed by atoms with van der Waals surface area (Å²) in [7, 11) is 0. The monoisotopic (exact) mass is 378 g/mol. The van der Waals surface area contributed by atoms with E-state index in [-0.39, 0.29) is 22.8 Å². The number of anilines is 1. The highest BCUT2D eigenvalue weighted by Gasteiger charge is 2.27. The lowest BCUT2D eigenvalue weighted by molar-refractivity contribution is -0.120. The van der Waals surface area contributed by atoms with Crippen LogP contribution in [0, 0.1) is 0 Å². The summed E-state index contributed by atoms with van der Waals surface area (Å²) >= 11 is 1.61. The maximum Gasteiger partial charge on any atom is 0.291 e. The van der Waals surface area contributed by atoms with Crippen LogP contribution >= 0.6 is 11.8 Å². The Hall–Kier alpha value is -2.99. The molecule has 0 bridgehead atoms. The molecule has 0 aliphatic carbocycles. The van der Waals surface area contributed by atoms with Crippen LogP contribution in [0.1, 0.15) is 21.7 Å². The first kappa shape index (κ1) is 17.4. The summed E-state index contributed by atoms with van der Waals surface area (Å²) in [5, 5.41) is 5.69. The first-order valence-corrected chi connectivity index (χ1v) is 9.53. The molecule has 1 aromatic heterocycles. The molecule has 3 aromatic rings. The van der Waals surface area contributed by atoms with E-state index in [1.54, 1.807) is 30.0 Å². The van der Waals surface area contributed by atoms with Gasteiger partial charge < -0.3 is 15.1 Å². The van der Waals surface area contributed by atoms with Crippen LogP contribution in [0.5, 0.6) is 0 Å². The Balaban J connectivity index is 1.34. The van der Waals surface area contributed by atoms with Gasteiger partial charge in [0.05, 0.1) is 11.5 Å². The number of hydrogen-bond acceptors (Lipinski definition) is 4. The second-order valence-electron chi connectivity index (χ2n) is 6.27. The van der Waals surface area contributed by atoms with Crippen molar-refractivity contribution in [3.8, 4) is 0 Å². The maximum atomic E-state index is 12.5. The van der Waals surface area contributed by atoms with Crippen molar-refractivity contribution >= 4 is 29.3 Å². The minimum Gasteiger partial charge on any atom is -0.459 e. The predicted octanol–water partition coefficient (Wildman–Crippen LogP) is 3.87. The highest BCUT2D eigenvalue weighted by atomic mass is 32.2. The smallest absolute Gasteiger partial charge is 0.291 e. The standard InChI is InChI=1S/C21H18N2O3S/c24-20(17-8-4-10-26-17)23-16-7-3-5-14(11-16)13-22-21(25)19-12-15-6-1-2-9-18(15)27-19/h1-11,19H,12-13H2,(H,22,25)(H,23,24). The van der Waals surface area contributed by atoms with Crippen LogP contribution in [0.25, 0.3) is 0 Å². The number of thioether (sulfide) groups is 1. The van der Waals surface area contributed by atoms with Crippen molar-refractivity contribution in [1.82, 2.24) is 5.32 Å². The Kier molecular flexibility index (Phi) is 4.98. The Labute approximate surface area is 161 Å². The van der Waals surface area contributed by atoms with Gasteiger partial charge in [0, 0.05) is 17.1 Å². The van der Waals surface area contributed by atoms with Gasteiger partial charge in [-0.1, -0.05) is 30.3 Å². The molecule has 2 amide bonds. The fourth-order valence-electron chi connectivity index (χ4n) is 2.99. The van der Waals surface area contributed by atoms with E-state index in [9.17, 15) is 9.59 Å². The second-order valence-corrected chi connectivity index (χ2v) is 7.51. The molecule has 1 aliphatic rings. The van der Waals surface area contributed by atoms with Crippen molar-refractivity contribution in [3.05, 3.63) is 83.8 Å². The number of rotatable bonds is 5. The third kappa shape index (κ3) is 4.06. The van der Waals surface area contributed by atoms with E-state index in [1.807, 2.05) is 30.3 Å². The Morgan fingerprint density at radius 3 is 2.78 bits per heavy atom. The van der Waals surface area contributed by atoms with Gasteiger partial charge in [0.1, 0.15) is 0 Å². The fourth-order valence-corrected chi connectivity index (χ4v) is 4.21. The molecule has 1 aliphatic heterocycles. The third-order valence-electron chi connectivity index (χ3n) is 4.34. The number of benzene rings is 2. The SMILES string of the molecule is O=C(Nc1cccc(CNC(=O)C2Cc3ccccc3S2)c1)c1ccco1. The molecule has 2 aromatic carbocycles. The summed E-state index contributed by atoms with van der Waals surface area (Å²) in [4.78, 5) is 25.7. The number of carbonyl (C=O) groups excluding carboxylic acids is 2. The molecule has 5 nitrogen and oxygen atoms in total. The highest BCUT2D eigenvalue weighted by molar-refractivity contribution is 8.01. The van der Waals surface area contributed by atoms with Crippen LogP contribution in [0.3, 0.4) is 0 Å². The van der Waals surface area contributed by atoms with Gasteiger partial charge in [-0.2, -0.15) is 0 Å². The maximum absolute atomic E-state index is 12.5. The van der Waals surface area contributed by atoms with Crippen LogP contribution in [-0.4, -0.2) is 17.1 Å². The lowest BCUT2D eigenvalue weighted by atomic mass is 10.1. The highest BCUT2D eigenvalue weighted by Crippen LogP contribution is 2.36. The van der Waals surface area contributed by atoms with Crippen molar-refractivity contribution in [1.29, 1.82) is 0 Å². The van der Waals surface area contributed by atoms with Gasteiger partial charge in [0.2, 0.25) is 5.91 Å². The average molecular weight is 378 g/mol. The Morgan fingerprint density at radius 2 is 1.96 bits per heavy atom. The van der Waals surface area contributed by atoms with Crippen molar-refractivity contribution in [3.63, 3.8) is 0 Å². The van der Waals surface area contributed by atoms with Crippen molar-refractivity contribution < 1.29 is 14.0 Å². The van der Waals surface area contributed by atoms with E-state index < -0.39 is 0 Å². The predicted molar refractivity (Wildman–Crippen MR) is 105 cm³/mol. The fraction of sp³-hybridized carbons (Fsp3) is 0.143. The normalized spacial score (nSPS) is 15.2. The zero-order valence-corrected chi connectivity index (χ0v) is 15.3. The largest absolute Gasteiger partial charge is 0.459 e. The summed E-state index contributed by atoms with van der Waals surface area (Å²) in [6.07, 6.45) is 2.21. The van der Waals surface area contributed by atoms with Crippen LogP contribution in [0.4, 0.5) is 5.69 Å². The molecule has 6 heteroatoms. The molecule has 0 fully saturated rings. The molecule has 1 atom stereocenters. The molecule has 27 heavy (non-hydrogen) atoms. The molecule has 0 saturated heterocycles. The quantitative estimate of drug-likeness (QED) is 0.707. The zero-order chi connectivity index (χ0) is 18.6. The van der Waals surface area contributed by atoms with E-state index in [2.05, 4.69) is 22.8 Å². The number of furan rings is 1. The van der Waals surface area contributed by atoms with Gasteiger partial charge in [-0.15, -0.1) is 11.8 Å². The summed E-state index contributed by atoms with van der Waals surface area (Å²) < 4.78 is 5.09. The molecule has 4 rings (SSSR count). The molecule has 0 spiro atoms. The van der Waals surface area contributed by atoms with E-state index >= 15 is 0 Å². The van der Waals surface area contributed by atoms with Crippen LogP contribution in [-0.2, 0) is 17.8 Å². The molecule has 136 valence electrons. The molecular formula is C21H18N2O3S. The van der Waals surface area contributed by atoms with Gasteiger partial charge in [0.25, 0.3) is 5.91 Å². The molecule has 2 N–H and O–H groups in total. The van der Waals surface area contributed by atoms with Gasteiger partial charge >= 0.3 is 0 Å². The first-order valence-electron chi connectivity index (χ1n) is 8.65. The lowest BCUT2D eigenvalue weighted by Gasteiger charge is -2.11. The van der Waals surface area contributed by atoms with E-state index in [0.29, 0.717) is 12.2 Å². The minimum atomic E-state index is -0.304. The minimum absolute atomic E-state index is 0.0289. The van der Waals surface area contributed by atoms with Crippen LogP contribution in [0.15, 0.2) is 76.2 Å². The van der Waals surface area contributed by atoms with Crippen LogP contribution in [0.2, 0.25) is 0 Å². The topological polar surface area (TPSA) is 71.3 Å². The Morgan fingerprint density at radius 1 is 1.07 bits per heavy atom. The number of carbonyl (C=O) groups is 2. The van der Waals surface area contributed by atoms with Gasteiger partial charge in [0.15, 0.2) is 5.76 Å². The molecular weight excluding hydrogens is 360 g/mol. The van der Waals surface area contributed by atoms with Crippen molar-refractivity contribution in [2.75, 3.05) is 5.32 Å². The molecule has 1 unspecified atom stereocenters. The summed E-state index contributed by atoms with van der Waals surface area (Å²) in [6.45, 7) is 0.413. The van der Waals surface area contributed by atoms with E-state index in [4.69, 9.17) is 4.42 Å². The molecule has 0 radical (unpaired) electrons. The second kappa shape index (κ2) is 7.72. The summed E-state index contributed by atoms with van der Waals surface area (Å²) in [5.41, 5.74) is 2.80. The number of amides is 2. The van der Waals surface area contributed by atoms with Gasteiger partial charge in [-0.05, 0) is 47.9 Å². The summed E-state index contributed by atoms with van der Waals surface area (Å²) in [6, 6.07) is 18.8. The molecule has 2 heterocycles. The van der Waals surface area contributed by atoms with E-state index in [0.717, 1.165) is 12.0 Å². The number of nitrogens with one attached hydrogen (secondary N) is 2. The van der Waals surface area contributed by atoms with Crippen LogP contribution < -0.4 is 10.6 Å². The Bertz CT molecular complexity index is 944. The van der Waals surface area contributed by atoms with Crippen molar-refractivity contribution in [2.45, 2.75) is 23.1 Å². The van der Waals surface area contributed by atoms with E-state index in [1.165, 1.54) is 16.7 Å². The average Bonchev–Trinajstić information content (AvgIpc) is 3.36. The molecule has 0 saturated carbocycles. The zero-order valence-electron chi connectivity index (χ0n) is 14.5. The third-order valence-corrected chi connectivity index (χ3v) is 5.65. The number of fused-ring (bicyclic) bond motifs is 1. The summed E-state index contributed by atoms with van der Waals surface area (Å²) in [5.74, 6) is -0.0194. The van der Waals surface area contributed by atoms with Gasteiger partial charge in [-0.25, -0.2) is 0 Å². The van der Waals surface area contributed by atoms with Gasteiger partial charge in [-0.3, -0.25) is 9.59 Å². The lowest BCUT2D eigenvalue weighted by Crippen LogP contribution is -2.32. The first-order chi connectivity index (χ1) is 13.2. The number of hydrogen-bond donors (Lipinski definition) is 2. The van der Waals surface area contributed by atoms with Crippen molar-refractivity contribution in [2.24, 2.45) is 0 Å².